The molecule has 1 aromatic rings. The van der Waals surface area contributed by atoms with Gasteiger partial charge in [-0.1, -0.05) is 13.3 Å². The van der Waals surface area contributed by atoms with Crippen LogP contribution < -0.4 is 5.73 Å². The average Bonchev–Trinajstić information content (AvgIpc) is 2.42. The van der Waals surface area contributed by atoms with Gasteiger partial charge in [0.15, 0.2) is 0 Å². The second-order valence-corrected chi connectivity index (χ2v) is 8.72. The zero-order valence-electron chi connectivity index (χ0n) is 12.7. The summed E-state index contributed by atoms with van der Waals surface area (Å²) in [6.07, 6.45) is 10.4. The summed E-state index contributed by atoms with van der Waals surface area (Å²) in [6, 6.07) is 0. The van der Waals surface area contributed by atoms with E-state index in [1.54, 1.807) is 0 Å². The van der Waals surface area contributed by atoms with Crippen molar-refractivity contribution in [2.75, 3.05) is 5.73 Å². The largest absolute Gasteiger partial charge is 0.383 e. The van der Waals surface area contributed by atoms with Crippen molar-refractivity contribution in [2.24, 2.45) is 17.8 Å². The summed E-state index contributed by atoms with van der Waals surface area (Å²) in [5.74, 6) is 4.57. The highest BCUT2D eigenvalue weighted by molar-refractivity contribution is 14.1. The molecule has 0 radical (unpaired) electrons. The molecule has 3 nitrogen and oxygen atoms in total. The highest BCUT2D eigenvalue weighted by Gasteiger charge is 2.53. The van der Waals surface area contributed by atoms with Gasteiger partial charge in [-0.2, -0.15) is 0 Å². The van der Waals surface area contributed by atoms with Gasteiger partial charge in [0.2, 0.25) is 0 Å². The van der Waals surface area contributed by atoms with E-state index < -0.39 is 0 Å². The van der Waals surface area contributed by atoms with Gasteiger partial charge in [0.25, 0.3) is 0 Å². The Labute approximate surface area is 140 Å². The van der Waals surface area contributed by atoms with E-state index in [0.29, 0.717) is 5.82 Å². The zero-order valence-corrected chi connectivity index (χ0v) is 14.9. The number of aromatic nitrogens is 2. The van der Waals surface area contributed by atoms with Gasteiger partial charge in [-0.15, -0.1) is 0 Å². The van der Waals surface area contributed by atoms with Gasteiger partial charge >= 0.3 is 0 Å². The lowest BCUT2D eigenvalue weighted by molar-refractivity contribution is -0.00944. The topological polar surface area (TPSA) is 51.8 Å². The van der Waals surface area contributed by atoms with E-state index in [-0.39, 0.29) is 5.41 Å². The summed E-state index contributed by atoms with van der Waals surface area (Å²) in [7, 11) is 0. The van der Waals surface area contributed by atoms with Crippen LogP contribution in [0.4, 0.5) is 5.82 Å². The summed E-state index contributed by atoms with van der Waals surface area (Å²) in [5.41, 5.74) is 7.65. The number of rotatable bonds is 3. The summed E-state index contributed by atoms with van der Waals surface area (Å²) in [5, 5.41) is 0. The third-order valence-corrected chi connectivity index (χ3v) is 7.12. The Kier molecular flexibility index (Phi) is 3.43. The first-order valence-electron chi connectivity index (χ1n) is 8.42. The molecule has 5 rings (SSSR count). The maximum atomic E-state index is 6.21. The minimum absolute atomic E-state index is 0.260. The first-order valence-corrected chi connectivity index (χ1v) is 9.50. The van der Waals surface area contributed by atoms with Crippen molar-refractivity contribution in [3.63, 3.8) is 0 Å². The Bertz CT molecular complexity index is 534. The molecule has 4 aliphatic carbocycles. The first-order chi connectivity index (χ1) is 10.1. The van der Waals surface area contributed by atoms with Crippen molar-refractivity contribution in [1.29, 1.82) is 0 Å². The standard InChI is InChI=1S/C17H24IN3/c1-2-3-13-14(18)15(19)21-16(20-13)17-7-10-4-11(8-17)6-12(5-10)9-17/h10-12H,2-9H2,1H3,(H2,19,20,21). The highest BCUT2D eigenvalue weighted by Crippen LogP contribution is 2.60. The van der Waals surface area contributed by atoms with Crippen molar-refractivity contribution in [1.82, 2.24) is 9.97 Å². The molecule has 2 N–H and O–H groups in total. The van der Waals surface area contributed by atoms with Crippen LogP contribution in [0.3, 0.4) is 0 Å². The predicted molar refractivity (Wildman–Crippen MR) is 93.0 cm³/mol. The average molecular weight is 397 g/mol. The van der Waals surface area contributed by atoms with Crippen LogP contribution >= 0.6 is 22.6 Å². The van der Waals surface area contributed by atoms with Crippen LogP contribution in [0, 0.1) is 21.3 Å². The van der Waals surface area contributed by atoms with Crippen LogP contribution in [0.25, 0.3) is 0 Å². The number of nitrogens with zero attached hydrogens (tertiary/aromatic N) is 2. The van der Waals surface area contributed by atoms with Gasteiger partial charge in [-0.25, -0.2) is 9.97 Å². The molecule has 4 fully saturated rings. The van der Waals surface area contributed by atoms with Crippen molar-refractivity contribution in [3.05, 3.63) is 15.1 Å². The number of anilines is 1. The first kappa shape index (κ1) is 14.2. The normalized spacial score (nSPS) is 37.1. The van der Waals surface area contributed by atoms with E-state index in [1.165, 1.54) is 44.2 Å². The van der Waals surface area contributed by atoms with Crippen LogP contribution in [0.1, 0.15) is 63.4 Å². The van der Waals surface area contributed by atoms with Gasteiger partial charge in [0.1, 0.15) is 11.6 Å². The number of aryl methyl sites for hydroxylation is 1. The van der Waals surface area contributed by atoms with Gasteiger partial charge in [0.05, 0.1) is 9.26 Å². The molecule has 0 unspecified atom stereocenters. The maximum Gasteiger partial charge on any atom is 0.140 e. The maximum absolute atomic E-state index is 6.21. The third kappa shape index (κ3) is 2.28. The minimum atomic E-state index is 0.260. The zero-order chi connectivity index (χ0) is 14.6. The molecule has 4 aliphatic rings. The minimum Gasteiger partial charge on any atom is -0.383 e. The quantitative estimate of drug-likeness (QED) is 0.782. The second-order valence-electron chi connectivity index (χ2n) is 7.64. The molecule has 0 aliphatic heterocycles. The summed E-state index contributed by atoms with van der Waals surface area (Å²) in [4.78, 5) is 9.78. The number of halogens is 1. The van der Waals surface area contributed by atoms with Crippen molar-refractivity contribution in [3.8, 4) is 0 Å². The predicted octanol–water partition coefficient (Wildman–Crippen LogP) is 4.08. The fraction of sp³-hybridized carbons (Fsp3) is 0.765. The van der Waals surface area contributed by atoms with E-state index in [2.05, 4.69) is 29.5 Å². The summed E-state index contributed by atoms with van der Waals surface area (Å²) in [6.45, 7) is 2.21. The molecular formula is C17H24IN3. The van der Waals surface area contributed by atoms with E-state index in [9.17, 15) is 0 Å². The molecule has 1 aromatic heterocycles. The lowest BCUT2D eigenvalue weighted by atomic mass is 9.49. The molecule has 0 spiro atoms. The second kappa shape index (κ2) is 5.07. The van der Waals surface area contributed by atoms with Crippen LogP contribution in [0.2, 0.25) is 0 Å². The van der Waals surface area contributed by atoms with Gasteiger partial charge < -0.3 is 5.73 Å². The molecular weight excluding hydrogens is 373 g/mol. The Balaban J connectivity index is 1.76. The fourth-order valence-corrected chi connectivity index (χ4v) is 6.05. The molecule has 4 saturated carbocycles. The number of hydrogen-bond donors (Lipinski definition) is 1. The Morgan fingerprint density at radius 2 is 1.67 bits per heavy atom. The van der Waals surface area contributed by atoms with E-state index >= 15 is 0 Å². The van der Waals surface area contributed by atoms with Gasteiger partial charge in [-0.05, 0) is 85.3 Å². The number of hydrogen-bond acceptors (Lipinski definition) is 3. The van der Waals surface area contributed by atoms with E-state index in [4.69, 9.17) is 15.7 Å². The Hall–Kier alpha value is -0.390. The van der Waals surface area contributed by atoms with Crippen LogP contribution in [-0.4, -0.2) is 9.97 Å². The van der Waals surface area contributed by atoms with E-state index in [1.807, 2.05) is 0 Å². The van der Waals surface area contributed by atoms with Crippen LogP contribution in [0.5, 0.6) is 0 Å². The molecule has 0 amide bonds. The molecule has 0 saturated heterocycles. The van der Waals surface area contributed by atoms with Crippen molar-refractivity contribution < 1.29 is 0 Å². The van der Waals surface area contributed by atoms with Crippen LogP contribution in [-0.2, 0) is 11.8 Å². The lowest BCUT2D eigenvalue weighted by Crippen LogP contribution is -2.49. The Morgan fingerprint density at radius 1 is 1.10 bits per heavy atom. The molecule has 21 heavy (non-hydrogen) atoms. The molecule has 1 heterocycles. The smallest absolute Gasteiger partial charge is 0.140 e. The molecule has 4 heteroatoms. The van der Waals surface area contributed by atoms with Crippen LogP contribution in [0.15, 0.2) is 0 Å². The SMILES string of the molecule is CCCc1nc(C23CC4CC(CC(C4)C2)C3)nc(N)c1I. The Morgan fingerprint density at radius 3 is 2.19 bits per heavy atom. The summed E-state index contributed by atoms with van der Waals surface area (Å²) < 4.78 is 1.07. The summed E-state index contributed by atoms with van der Waals surface area (Å²) >= 11 is 2.31. The van der Waals surface area contributed by atoms with Gasteiger partial charge in [0, 0.05) is 5.41 Å². The number of nitrogens with two attached hydrogens (primary N) is 1. The number of nitrogen functional groups attached to an aromatic ring is 1. The van der Waals surface area contributed by atoms with Crippen molar-refractivity contribution in [2.45, 2.75) is 63.7 Å². The third-order valence-electron chi connectivity index (χ3n) is 5.94. The van der Waals surface area contributed by atoms with E-state index in [0.717, 1.165) is 40.0 Å². The monoisotopic (exact) mass is 397 g/mol. The molecule has 4 bridgehead atoms. The fourth-order valence-electron chi connectivity index (χ4n) is 5.54. The molecule has 0 aromatic carbocycles. The van der Waals surface area contributed by atoms with Gasteiger partial charge in [-0.3, -0.25) is 0 Å². The molecule has 0 atom stereocenters. The molecule has 114 valence electrons. The highest BCUT2D eigenvalue weighted by atomic mass is 127. The lowest BCUT2D eigenvalue weighted by Gasteiger charge is -2.56. The van der Waals surface area contributed by atoms with Crippen molar-refractivity contribution >= 4 is 28.4 Å².